The average Bonchev–Trinajstić information content (AvgIpc) is 3.66. The molecule has 0 spiro atoms. The first kappa shape index (κ1) is 38.7. The van der Waals surface area contributed by atoms with Gasteiger partial charge in [-0.15, -0.1) is 11.3 Å². The molecule has 0 unspecified atom stereocenters. The van der Waals surface area contributed by atoms with E-state index in [2.05, 4.69) is 245 Å². The number of nitrogens with zero attached hydrogens (tertiary/aromatic N) is 2. The van der Waals surface area contributed by atoms with Gasteiger partial charge in [-0.1, -0.05) is 154 Å². The monoisotopic (exact) mass is 772 g/mol. The van der Waals surface area contributed by atoms with Gasteiger partial charge >= 0.3 is 0 Å². The van der Waals surface area contributed by atoms with Crippen LogP contribution in [0.15, 0.2) is 194 Å². The minimum Gasteiger partial charge on any atom is -0.336 e. The maximum atomic E-state index is 2.40. The number of thiophene rings is 1. The SMILES string of the molecule is CCC(C)(C)c1ccc(-c2sc(-c3ccc(N(c4ccccc4)c4ccc(N(c5ccccc5)C(C)(C)C)cc4)cc3)c(-c3ccccc3)c2-c2ccccc2)cc1. The van der Waals surface area contributed by atoms with Crippen LogP contribution in [0.1, 0.15) is 53.5 Å². The van der Waals surface area contributed by atoms with E-state index in [0.717, 1.165) is 29.2 Å². The summed E-state index contributed by atoms with van der Waals surface area (Å²) < 4.78 is 0. The van der Waals surface area contributed by atoms with Crippen LogP contribution in [-0.2, 0) is 5.41 Å². The lowest BCUT2D eigenvalue weighted by molar-refractivity contribution is 0.506. The molecule has 288 valence electrons. The van der Waals surface area contributed by atoms with Crippen LogP contribution in [0.25, 0.3) is 43.1 Å². The predicted molar refractivity (Wildman–Crippen MR) is 252 cm³/mol. The quantitative estimate of drug-likeness (QED) is 0.129. The Hall–Kier alpha value is -6.16. The Balaban J connectivity index is 1.24. The van der Waals surface area contributed by atoms with Crippen molar-refractivity contribution < 1.29 is 0 Å². The van der Waals surface area contributed by atoms with Crippen LogP contribution in [0.4, 0.5) is 28.4 Å². The highest BCUT2D eigenvalue weighted by molar-refractivity contribution is 7.20. The highest BCUT2D eigenvalue weighted by Crippen LogP contribution is 2.52. The van der Waals surface area contributed by atoms with Gasteiger partial charge in [-0.3, -0.25) is 0 Å². The summed E-state index contributed by atoms with van der Waals surface area (Å²) in [5.41, 5.74) is 14.5. The van der Waals surface area contributed by atoms with Crippen LogP contribution in [0.5, 0.6) is 0 Å². The largest absolute Gasteiger partial charge is 0.336 e. The molecule has 2 nitrogen and oxygen atoms in total. The van der Waals surface area contributed by atoms with Crippen LogP contribution >= 0.6 is 11.3 Å². The number of para-hydroxylation sites is 2. The molecule has 0 saturated carbocycles. The normalized spacial score (nSPS) is 11.7. The number of benzene rings is 7. The first-order valence-electron chi connectivity index (χ1n) is 20.4. The van der Waals surface area contributed by atoms with Gasteiger partial charge < -0.3 is 9.80 Å². The highest BCUT2D eigenvalue weighted by atomic mass is 32.1. The molecule has 0 aliphatic heterocycles. The standard InChI is InChI=1S/C55H52N2S/c1-7-55(5,6)44-32-28-42(29-33-44)52-50(40-20-12-8-13-21-40)51(41-22-14-9-15-23-41)53(58-52)43-30-34-46(35-31-43)56(45-24-16-10-17-25-45)47-36-38-49(39-37-47)57(54(2,3)4)48-26-18-11-19-27-48/h8-39H,7H2,1-6H3. The second-order valence-electron chi connectivity index (χ2n) is 16.6. The molecule has 7 aromatic carbocycles. The van der Waals surface area contributed by atoms with Gasteiger partial charge in [0.15, 0.2) is 0 Å². The van der Waals surface area contributed by atoms with Gasteiger partial charge in [-0.25, -0.2) is 0 Å². The van der Waals surface area contributed by atoms with Gasteiger partial charge in [0.05, 0.1) is 0 Å². The van der Waals surface area contributed by atoms with Crippen LogP contribution in [0.2, 0.25) is 0 Å². The molecular formula is C55H52N2S. The van der Waals surface area contributed by atoms with Gasteiger partial charge in [0.25, 0.3) is 0 Å². The molecule has 0 aliphatic carbocycles. The van der Waals surface area contributed by atoms with E-state index in [1.165, 1.54) is 54.4 Å². The molecule has 3 heteroatoms. The fourth-order valence-electron chi connectivity index (χ4n) is 7.91. The molecule has 8 rings (SSSR count). The summed E-state index contributed by atoms with van der Waals surface area (Å²) >= 11 is 1.89. The average molecular weight is 773 g/mol. The third-order valence-electron chi connectivity index (χ3n) is 11.3. The van der Waals surface area contributed by atoms with Gasteiger partial charge in [0.1, 0.15) is 0 Å². The molecule has 0 fully saturated rings. The number of rotatable bonds is 11. The zero-order valence-electron chi connectivity index (χ0n) is 34.5. The molecule has 0 N–H and O–H groups in total. The lowest BCUT2D eigenvalue weighted by atomic mass is 9.82. The van der Waals surface area contributed by atoms with Gasteiger partial charge in [0, 0.05) is 54.9 Å². The van der Waals surface area contributed by atoms with E-state index in [4.69, 9.17) is 0 Å². The second-order valence-corrected chi connectivity index (χ2v) is 17.7. The third-order valence-corrected chi connectivity index (χ3v) is 12.6. The molecule has 0 saturated heterocycles. The summed E-state index contributed by atoms with van der Waals surface area (Å²) in [4.78, 5) is 7.31. The molecule has 0 bridgehead atoms. The van der Waals surface area contributed by atoms with Crippen molar-refractivity contribution in [3.8, 4) is 43.1 Å². The number of anilines is 5. The number of hydrogen-bond donors (Lipinski definition) is 0. The zero-order chi connectivity index (χ0) is 40.3. The minimum absolute atomic E-state index is 0.103. The minimum atomic E-state index is -0.103. The summed E-state index contributed by atoms with van der Waals surface area (Å²) in [6.45, 7) is 13.7. The van der Waals surface area contributed by atoms with E-state index in [0.29, 0.717) is 0 Å². The first-order valence-corrected chi connectivity index (χ1v) is 21.2. The molecule has 58 heavy (non-hydrogen) atoms. The van der Waals surface area contributed by atoms with Crippen molar-refractivity contribution in [3.05, 3.63) is 200 Å². The molecule has 0 aliphatic rings. The molecule has 8 aromatic rings. The van der Waals surface area contributed by atoms with Crippen molar-refractivity contribution in [1.82, 2.24) is 0 Å². The van der Waals surface area contributed by atoms with E-state index in [1.807, 2.05) is 11.3 Å². The van der Waals surface area contributed by atoms with Crippen molar-refractivity contribution in [2.75, 3.05) is 9.80 Å². The Kier molecular flexibility index (Phi) is 10.9. The topological polar surface area (TPSA) is 6.48 Å². The van der Waals surface area contributed by atoms with Crippen molar-refractivity contribution >= 4 is 39.8 Å². The van der Waals surface area contributed by atoms with Gasteiger partial charge in [0.2, 0.25) is 0 Å². The van der Waals surface area contributed by atoms with Crippen LogP contribution in [-0.4, -0.2) is 5.54 Å². The molecule has 0 atom stereocenters. The molecular weight excluding hydrogens is 721 g/mol. The Morgan fingerprint density at radius 2 is 0.724 bits per heavy atom. The summed E-state index contributed by atoms with van der Waals surface area (Å²) in [5, 5.41) is 0. The van der Waals surface area contributed by atoms with Gasteiger partial charge in [-0.2, -0.15) is 0 Å². The molecule has 0 radical (unpaired) electrons. The zero-order valence-corrected chi connectivity index (χ0v) is 35.3. The Labute approximate surface area is 349 Å². The van der Waals surface area contributed by atoms with Gasteiger partial charge in [-0.05, 0) is 121 Å². The van der Waals surface area contributed by atoms with E-state index < -0.39 is 0 Å². The van der Waals surface area contributed by atoms with Crippen molar-refractivity contribution in [1.29, 1.82) is 0 Å². The van der Waals surface area contributed by atoms with Crippen molar-refractivity contribution in [2.45, 2.75) is 58.9 Å². The summed E-state index contributed by atoms with van der Waals surface area (Å²) in [7, 11) is 0. The van der Waals surface area contributed by atoms with Crippen LogP contribution < -0.4 is 9.80 Å². The molecule has 1 aromatic heterocycles. The van der Waals surface area contributed by atoms with Crippen molar-refractivity contribution in [3.63, 3.8) is 0 Å². The lowest BCUT2D eigenvalue weighted by Gasteiger charge is -2.38. The Morgan fingerprint density at radius 3 is 1.16 bits per heavy atom. The van der Waals surface area contributed by atoms with Crippen molar-refractivity contribution in [2.24, 2.45) is 0 Å². The lowest BCUT2D eigenvalue weighted by Crippen LogP contribution is -2.37. The fraction of sp³-hybridized carbons (Fsp3) is 0.164. The molecule has 1 heterocycles. The predicted octanol–water partition coefficient (Wildman–Crippen LogP) is 16.5. The maximum Gasteiger partial charge on any atom is 0.0463 e. The highest BCUT2D eigenvalue weighted by Gasteiger charge is 2.26. The molecule has 0 amide bonds. The second kappa shape index (κ2) is 16.4. The summed E-state index contributed by atoms with van der Waals surface area (Å²) in [6.07, 6.45) is 1.09. The fourth-order valence-corrected chi connectivity index (χ4v) is 9.27. The van der Waals surface area contributed by atoms with E-state index in [1.54, 1.807) is 0 Å². The smallest absolute Gasteiger partial charge is 0.0463 e. The summed E-state index contributed by atoms with van der Waals surface area (Å²) in [6, 6.07) is 70.6. The first-order chi connectivity index (χ1) is 28.1. The van der Waals surface area contributed by atoms with E-state index >= 15 is 0 Å². The Bertz CT molecular complexity index is 2550. The maximum absolute atomic E-state index is 2.40. The van der Waals surface area contributed by atoms with Crippen LogP contribution in [0, 0.1) is 0 Å². The van der Waals surface area contributed by atoms with E-state index in [9.17, 15) is 0 Å². The number of hydrogen-bond acceptors (Lipinski definition) is 3. The third kappa shape index (κ3) is 7.88. The van der Waals surface area contributed by atoms with E-state index in [-0.39, 0.29) is 11.0 Å². The van der Waals surface area contributed by atoms with Crippen LogP contribution in [0.3, 0.4) is 0 Å². The Morgan fingerprint density at radius 1 is 0.379 bits per heavy atom. The summed E-state index contributed by atoms with van der Waals surface area (Å²) in [5.74, 6) is 0.